The molecule has 6 heteroatoms. The van der Waals surface area contributed by atoms with Crippen LogP contribution in [0.1, 0.15) is 94.1 Å². The monoisotopic (exact) mass is 522 g/mol. The normalized spacial score (nSPS) is 15.7. The zero-order valence-corrected chi connectivity index (χ0v) is 23.5. The van der Waals surface area contributed by atoms with Crippen LogP contribution in [0.4, 0.5) is 0 Å². The van der Waals surface area contributed by atoms with Crippen LogP contribution in [0, 0.1) is 11.3 Å². The number of carbonyl (C=O) groups is 3. The summed E-state index contributed by atoms with van der Waals surface area (Å²) in [5.74, 6) is 0.457. The molecule has 3 rings (SSSR count). The van der Waals surface area contributed by atoms with Crippen LogP contribution >= 0.6 is 0 Å². The molecule has 0 N–H and O–H groups in total. The molecule has 206 valence electrons. The summed E-state index contributed by atoms with van der Waals surface area (Å²) in [6.07, 6.45) is 3.32. The number of rotatable bonds is 16. The number of benzene rings is 2. The lowest BCUT2D eigenvalue weighted by Gasteiger charge is -2.40. The number of Topliss-reactive ketones (excluding diaryl/α,β-unsaturated/α-hetero) is 3. The molecule has 1 saturated carbocycles. The molecule has 6 nitrogen and oxygen atoms in total. The molecule has 0 aromatic heterocycles. The lowest BCUT2D eigenvalue weighted by molar-refractivity contribution is -0.139. The van der Waals surface area contributed by atoms with Crippen molar-refractivity contribution < 1.29 is 28.6 Å². The fraction of sp³-hybridized carbons (Fsp3) is 0.531. The molecule has 38 heavy (non-hydrogen) atoms. The van der Waals surface area contributed by atoms with Gasteiger partial charge in [-0.2, -0.15) is 0 Å². The van der Waals surface area contributed by atoms with Gasteiger partial charge in [0.1, 0.15) is 28.6 Å². The third kappa shape index (κ3) is 7.10. The molecular formula is C32H42O6. The summed E-state index contributed by atoms with van der Waals surface area (Å²) in [7, 11) is 0. The van der Waals surface area contributed by atoms with E-state index in [1.54, 1.807) is 6.92 Å². The van der Waals surface area contributed by atoms with Crippen LogP contribution < -0.4 is 9.47 Å². The Morgan fingerprint density at radius 1 is 0.947 bits per heavy atom. The van der Waals surface area contributed by atoms with Gasteiger partial charge in [0, 0.05) is 24.4 Å². The molecule has 1 fully saturated rings. The smallest absolute Gasteiger partial charge is 0.167 e. The second kappa shape index (κ2) is 13.7. The summed E-state index contributed by atoms with van der Waals surface area (Å²) in [5.41, 5.74) is 1.85. The molecule has 2 atom stereocenters. The maximum atomic E-state index is 13.8. The van der Waals surface area contributed by atoms with Gasteiger partial charge in [-0.3, -0.25) is 14.4 Å². The zero-order valence-electron chi connectivity index (χ0n) is 23.5. The summed E-state index contributed by atoms with van der Waals surface area (Å²) < 4.78 is 17.7. The van der Waals surface area contributed by atoms with Crippen LogP contribution in [0.5, 0.6) is 11.5 Å². The van der Waals surface area contributed by atoms with Crippen LogP contribution in [0.25, 0.3) is 0 Å². The van der Waals surface area contributed by atoms with E-state index in [-0.39, 0.29) is 35.6 Å². The molecule has 0 amide bonds. The van der Waals surface area contributed by atoms with Gasteiger partial charge in [-0.1, -0.05) is 43.7 Å². The molecule has 2 aromatic rings. The third-order valence-electron chi connectivity index (χ3n) is 7.84. The average Bonchev–Trinajstić information content (AvgIpc) is 2.86. The van der Waals surface area contributed by atoms with Gasteiger partial charge in [-0.15, -0.1) is 0 Å². The van der Waals surface area contributed by atoms with Crippen LogP contribution in [-0.4, -0.2) is 37.2 Å². The minimum atomic E-state index is -0.522. The Kier molecular flexibility index (Phi) is 10.7. The largest absolute Gasteiger partial charge is 0.493 e. The van der Waals surface area contributed by atoms with Crippen molar-refractivity contribution in [3.8, 4) is 11.5 Å². The minimum absolute atomic E-state index is 0.0854. The lowest BCUT2D eigenvalue weighted by atomic mass is 9.62. The molecule has 0 radical (unpaired) electrons. The van der Waals surface area contributed by atoms with Crippen molar-refractivity contribution in [1.82, 2.24) is 0 Å². The Bertz CT molecular complexity index is 1080. The number of ether oxygens (including phenoxy) is 3. The van der Waals surface area contributed by atoms with Crippen LogP contribution in [0.15, 0.2) is 42.5 Å². The van der Waals surface area contributed by atoms with Crippen molar-refractivity contribution in [2.75, 3.05) is 19.8 Å². The fourth-order valence-electron chi connectivity index (χ4n) is 5.38. The number of hydrogen-bond donors (Lipinski definition) is 0. The van der Waals surface area contributed by atoms with Gasteiger partial charge in [0.05, 0.1) is 19.8 Å². The van der Waals surface area contributed by atoms with E-state index in [1.165, 1.54) is 6.92 Å². The topological polar surface area (TPSA) is 78.9 Å². The predicted molar refractivity (Wildman–Crippen MR) is 148 cm³/mol. The first-order valence-electron chi connectivity index (χ1n) is 13.8. The Morgan fingerprint density at radius 2 is 1.55 bits per heavy atom. The van der Waals surface area contributed by atoms with Crippen LogP contribution in [0.2, 0.25) is 0 Å². The van der Waals surface area contributed by atoms with E-state index >= 15 is 0 Å². The molecule has 1 unspecified atom stereocenters. The number of hydrogen-bond acceptors (Lipinski definition) is 6. The van der Waals surface area contributed by atoms with Crippen molar-refractivity contribution in [2.24, 2.45) is 11.3 Å². The van der Waals surface area contributed by atoms with E-state index in [2.05, 4.69) is 0 Å². The van der Waals surface area contributed by atoms with Gasteiger partial charge in [0.2, 0.25) is 0 Å². The van der Waals surface area contributed by atoms with Gasteiger partial charge >= 0.3 is 0 Å². The zero-order chi connectivity index (χ0) is 27.7. The molecule has 0 spiro atoms. The van der Waals surface area contributed by atoms with E-state index in [9.17, 15) is 14.4 Å². The van der Waals surface area contributed by atoms with E-state index in [0.29, 0.717) is 49.9 Å². The van der Waals surface area contributed by atoms with E-state index in [1.807, 2.05) is 63.2 Å². The first-order valence-corrected chi connectivity index (χ1v) is 13.8. The van der Waals surface area contributed by atoms with E-state index < -0.39 is 5.41 Å². The summed E-state index contributed by atoms with van der Waals surface area (Å²) >= 11 is 0. The summed E-state index contributed by atoms with van der Waals surface area (Å²) in [5, 5.41) is 0. The summed E-state index contributed by atoms with van der Waals surface area (Å²) in [4.78, 5) is 38.7. The quantitative estimate of drug-likeness (QED) is 0.180. The molecule has 0 bridgehead atoms. The average molecular weight is 523 g/mol. The third-order valence-corrected chi connectivity index (χ3v) is 7.84. The molecule has 0 heterocycles. The Morgan fingerprint density at radius 3 is 2.03 bits per heavy atom. The van der Waals surface area contributed by atoms with Gasteiger partial charge in [0.25, 0.3) is 0 Å². The highest BCUT2D eigenvalue weighted by atomic mass is 16.5. The van der Waals surface area contributed by atoms with Crippen molar-refractivity contribution in [3.63, 3.8) is 0 Å². The van der Waals surface area contributed by atoms with Crippen molar-refractivity contribution in [1.29, 1.82) is 0 Å². The highest BCUT2D eigenvalue weighted by Gasteiger charge is 2.44. The highest BCUT2D eigenvalue weighted by Crippen LogP contribution is 2.47. The maximum absolute atomic E-state index is 13.8. The van der Waals surface area contributed by atoms with Crippen LogP contribution in [-0.2, 0) is 20.9 Å². The van der Waals surface area contributed by atoms with Crippen molar-refractivity contribution in [2.45, 2.75) is 79.2 Å². The van der Waals surface area contributed by atoms with Crippen molar-refractivity contribution >= 4 is 17.3 Å². The Hall–Kier alpha value is -2.99. The van der Waals surface area contributed by atoms with E-state index in [4.69, 9.17) is 14.2 Å². The van der Waals surface area contributed by atoms with E-state index in [0.717, 1.165) is 30.4 Å². The Labute approximate surface area is 227 Å². The molecule has 0 saturated heterocycles. The SMILES string of the molecule is CCOc1cc([C@@H](C)C(CCOCc2ccccc2)C(=O)CC2(C(C)=O)CCC2)cc(OCC)c1C(C)=O. The molecule has 0 aliphatic heterocycles. The van der Waals surface area contributed by atoms with Crippen LogP contribution in [0.3, 0.4) is 0 Å². The van der Waals surface area contributed by atoms with Gasteiger partial charge in [-0.25, -0.2) is 0 Å². The number of ketones is 3. The first-order chi connectivity index (χ1) is 18.2. The molecule has 1 aliphatic rings. The molecule has 1 aliphatic carbocycles. The minimum Gasteiger partial charge on any atom is -0.493 e. The Balaban J connectivity index is 1.89. The second-order valence-corrected chi connectivity index (χ2v) is 10.4. The first kappa shape index (κ1) is 29.6. The molecular weight excluding hydrogens is 480 g/mol. The number of carbonyl (C=O) groups excluding carboxylic acids is 3. The van der Waals surface area contributed by atoms with Gasteiger partial charge < -0.3 is 14.2 Å². The predicted octanol–water partition coefficient (Wildman–Crippen LogP) is 6.73. The maximum Gasteiger partial charge on any atom is 0.167 e. The van der Waals surface area contributed by atoms with Gasteiger partial charge in [0.15, 0.2) is 5.78 Å². The lowest BCUT2D eigenvalue weighted by Crippen LogP contribution is -2.40. The van der Waals surface area contributed by atoms with Crippen molar-refractivity contribution in [3.05, 3.63) is 59.2 Å². The second-order valence-electron chi connectivity index (χ2n) is 10.4. The van der Waals surface area contributed by atoms with Gasteiger partial charge in [-0.05, 0) is 76.1 Å². The highest BCUT2D eigenvalue weighted by molar-refractivity contribution is 6.00. The molecule has 2 aromatic carbocycles. The fourth-order valence-corrected chi connectivity index (χ4v) is 5.38. The summed E-state index contributed by atoms with van der Waals surface area (Å²) in [6, 6.07) is 13.7. The standard InChI is InChI=1S/C32H42O6/c1-6-37-29-18-26(19-30(38-7-2)31(29)23(4)33)22(3)27(14-17-36-21-25-12-9-8-10-13-25)28(35)20-32(24(5)34)15-11-16-32/h8-10,12-13,18-19,22,27H,6-7,11,14-17,20-21H2,1-5H3/t22-,27?/m1/s1. The summed E-state index contributed by atoms with van der Waals surface area (Å²) in [6.45, 7) is 10.6.